The summed E-state index contributed by atoms with van der Waals surface area (Å²) in [5.41, 5.74) is 0. The fraction of sp³-hybridized carbons (Fsp3) is 0.273. The molecule has 1 radical (unpaired) electrons. The first-order valence-corrected chi connectivity index (χ1v) is 4.45. The van der Waals surface area contributed by atoms with Crippen LogP contribution in [0.2, 0.25) is 0 Å². The Balaban J connectivity index is 2.49. The number of benzene rings is 1. The Morgan fingerprint density at radius 2 is 2.07 bits per heavy atom. The molecule has 1 aromatic rings. The van der Waals surface area contributed by atoms with Crippen LogP contribution in [0.3, 0.4) is 0 Å². The largest absolute Gasteiger partial charge is 0.425 e. The molecule has 1 atom stereocenters. The van der Waals surface area contributed by atoms with Crippen molar-refractivity contribution in [2.24, 2.45) is 0 Å². The quantitative estimate of drug-likeness (QED) is 0.540. The molecule has 14 heavy (non-hydrogen) atoms. The van der Waals surface area contributed by atoms with E-state index in [0.29, 0.717) is 12.4 Å². The lowest BCUT2D eigenvalue weighted by atomic mass is 10.3. The highest BCUT2D eigenvalue weighted by Crippen LogP contribution is 2.09. The van der Waals surface area contributed by atoms with Crippen LogP contribution in [0.15, 0.2) is 30.3 Å². The van der Waals surface area contributed by atoms with Gasteiger partial charge in [0.15, 0.2) is 6.10 Å². The number of carbonyl (C=O) groups excluding carboxylic acids is 1. The van der Waals surface area contributed by atoms with Crippen molar-refractivity contribution < 1.29 is 14.3 Å². The van der Waals surface area contributed by atoms with Gasteiger partial charge in [-0.3, -0.25) is 0 Å². The molecule has 0 aliphatic rings. The third kappa shape index (κ3) is 3.18. The molecule has 0 N–H and O–H groups in total. The van der Waals surface area contributed by atoms with E-state index in [1.165, 1.54) is 0 Å². The minimum Gasteiger partial charge on any atom is -0.425 e. The SMILES string of the molecule is [CH2]C(OCC)C(=O)Oc1ccccc1. The van der Waals surface area contributed by atoms with Gasteiger partial charge in [-0.1, -0.05) is 18.2 Å². The number of para-hydroxylation sites is 1. The van der Waals surface area contributed by atoms with E-state index < -0.39 is 12.1 Å². The highest BCUT2D eigenvalue weighted by atomic mass is 16.6. The Labute approximate surface area is 83.6 Å². The predicted octanol–water partition coefficient (Wildman–Crippen LogP) is 1.83. The van der Waals surface area contributed by atoms with E-state index in [1.54, 1.807) is 31.2 Å². The van der Waals surface area contributed by atoms with Gasteiger partial charge in [-0.15, -0.1) is 0 Å². The number of rotatable bonds is 4. The van der Waals surface area contributed by atoms with E-state index in [9.17, 15) is 4.79 Å². The summed E-state index contributed by atoms with van der Waals surface area (Å²) < 4.78 is 9.99. The van der Waals surface area contributed by atoms with Gasteiger partial charge in [0.05, 0.1) is 0 Å². The molecule has 1 unspecified atom stereocenters. The Morgan fingerprint density at radius 1 is 1.43 bits per heavy atom. The van der Waals surface area contributed by atoms with Gasteiger partial charge in [-0.25, -0.2) is 4.79 Å². The summed E-state index contributed by atoms with van der Waals surface area (Å²) in [7, 11) is 0. The number of esters is 1. The summed E-state index contributed by atoms with van der Waals surface area (Å²) in [5.74, 6) is 0.0314. The van der Waals surface area contributed by atoms with Crippen molar-refractivity contribution >= 4 is 5.97 Å². The van der Waals surface area contributed by atoms with Gasteiger partial charge in [-0.05, 0) is 26.0 Å². The summed E-state index contributed by atoms with van der Waals surface area (Å²) in [6.07, 6.45) is -0.764. The van der Waals surface area contributed by atoms with Crippen LogP contribution in [0.25, 0.3) is 0 Å². The van der Waals surface area contributed by atoms with Crippen molar-refractivity contribution in [3.8, 4) is 5.75 Å². The molecule has 0 aromatic heterocycles. The molecule has 0 fully saturated rings. The van der Waals surface area contributed by atoms with Crippen molar-refractivity contribution in [1.29, 1.82) is 0 Å². The molecule has 0 spiro atoms. The van der Waals surface area contributed by atoms with Crippen molar-refractivity contribution in [1.82, 2.24) is 0 Å². The minimum absolute atomic E-state index is 0.443. The number of hydrogen-bond acceptors (Lipinski definition) is 3. The molecule has 75 valence electrons. The standard InChI is InChI=1S/C11H13O3/c1-3-13-9(2)11(12)14-10-7-5-4-6-8-10/h4-9H,2-3H2,1H3. The Kier molecular flexibility index (Phi) is 4.13. The minimum atomic E-state index is -0.764. The molecular weight excluding hydrogens is 180 g/mol. The monoisotopic (exact) mass is 193 g/mol. The zero-order chi connectivity index (χ0) is 10.4. The first kappa shape index (κ1) is 10.7. The third-order valence-corrected chi connectivity index (χ3v) is 1.59. The maximum atomic E-state index is 11.3. The van der Waals surface area contributed by atoms with E-state index in [0.717, 1.165) is 0 Å². The maximum absolute atomic E-state index is 11.3. The zero-order valence-electron chi connectivity index (χ0n) is 8.10. The lowest BCUT2D eigenvalue weighted by Gasteiger charge is -2.10. The average molecular weight is 193 g/mol. The first-order chi connectivity index (χ1) is 6.74. The average Bonchev–Trinajstić information content (AvgIpc) is 2.19. The second-order valence-corrected chi connectivity index (χ2v) is 2.68. The van der Waals surface area contributed by atoms with Gasteiger partial charge in [-0.2, -0.15) is 0 Å². The van der Waals surface area contributed by atoms with E-state index in [2.05, 4.69) is 6.92 Å². The Bertz CT molecular complexity index is 282. The molecular formula is C11H13O3. The summed E-state index contributed by atoms with van der Waals surface area (Å²) in [4.78, 5) is 11.3. The fourth-order valence-electron chi connectivity index (χ4n) is 0.940. The highest BCUT2D eigenvalue weighted by molar-refractivity contribution is 5.77. The molecule has 0 aliphatic carbocycles. The van der Waals surface area contributed by atoms with Gasteiger partial charge in [0, 0.05) is 6.61 Å². The Hall–Kier alpha value is -1.35. The predicted molar refractivity (Wildman–Crippen MR) is 52.8 cm³/mol. The molecule has 3 nitrogen and oxygen atoms in total. The first-order valence-electron chi connectivity index (χ1n) is 4.45. The number of carbonyl (C=O) groups is 1. The molecule has 1 rings (SSSR count). The van der Waals surface area contributed by atoms with Crippen LogP contribution in [0.4, 0.5) is 0 Å². The Morgan fingerprint density at radius 3 is 2.64 bits per heavy atom. The summed E-state index contributed by atoms with van der Waals surface area (Å²) in [6.45, 7) is 5.77. The van der Waals surface area contributed by atoms with Gasteiger partial charge in [0.25, 0.3) is 0 Å². The molecule has 0 aliphatic heterocycles. The van der Waals surface area contributed by atoms with Gasteiger partial charge in [0.1, 0.15) is 5.75 Å². The third-order valence-electron chi connectivity index (χ3n) is 1.59. The van der Waals surface area contributed by atoms with Crippen LogP contribution in [0, 0.1) is 6.92 Å². The molecule has 1 aromatic carbocycles. The van der Waals surface area contributed by atoms with Crippen LogP contribution in [0.1, 0.15) is 6.92 Å². The summed E-state index contributed by atoms with van der Waals surface area (Å²) in [6, 6.07) is 8.84. The van der Waals surface area contributed by atoms with E-state index in [-0.39, 0.29) is 0 Å². The van der Waals surface area contributed by atoms with Gasteiger partial charge >= 0.3 is 5.97 Å². The normalized spacial score (nSPS) is 12.1. The second kappa shape index (κ2) is 5.40. The van der Waals surface area contributed by atoms with Crippen molar-refractivity contribution in [3.63, 3.8) is 0 Å². The molecule has 0 amide bonds. The maximum Gasteiger partial charge on any atom is 0.340 e. The molecule has 0 saturated heterocycles. The van der Waals surface area contributed by atoms with Gasteiger partial charge < -0.3 is 9.47 Å². The molecule has 0 bridgehead atoms. The lowest BCUT2D eigenvalue weighted by molar-refractivity contribution is -0.144. The zero-order valence-corrected chi connectivity index (χ0v) is 8.10. The molecule has 0 heterocycles. The second-order valence-electron chi connectivity index (χ2n) is 2.68. The number of hydrogen-bond donors (Lipinski definition) is 0. The van der Waals surface area contributed by atoms with Gasteiger partial charge in [0.2, 0.25) is 0 Å². The molecule has 3 heteroatoms. The van der Waals surface area contributed by atoms with Crippen molar-refractivity contribution in [3.05, 3.63) is 37.3 Å². The summed E-state index contributed by atoms with van der Waals surface area (Å²) >= 11 is 0. The van der Waals surface area contributed by atoms with E-state index in [4.69, 9.17) is 9.47 Å². The van der Waals surface area contributed by atoms with Crippen LogP contribution >= 0.6 is 0 Å². The van der Waals surface area contributed by atoms with Crippen LogP contribution in [0.5, 0.6) is 5.75 Å². The van der Waals surface area contributed by atoms with Crippen LogP contribution in [-0.4, -0.2) is 18.7 Å². The van der Waals surface area contributed by atoms with E-state index in [1.807, 2.05) is 6.07 Å². The fourth-order valence-corrected chi connectivity index (χ4v) is 0.940. The van der Waals surface area contributed by atoms with Crippen molar-refractivity contribution in [2.75, 3.05) is 6.61 Å². The van der Waals surface area contributed by atoms with Crippen LogP contribution < -0.4 is 4.74 Å². The lowest BCUT2D eigenvalue weighted by Crippen LogP contribution is -2.26. The topological polar surface area (TPSA) is 35.5 Å². The van der Waals surface area contributed by atoms with E-state index >= 15 is 0 Å². The smallest absolute Gasteiger partial charge is 0.340 e. The number of ether oxygens (including phenoxy) is 2. The summed E-state index contributed by atoms with van der Waals surface area (Å²) in [5, 5.41) is 0. The molecule has 0 saturated carbocycles. The van der Waals surface area contributed by atoms with Crippen molar-refractivity contribution in [2.45, 2.75) is 13.0 Å². The highest BCUT2D eigenvalue weighted by Gasteiger charge is 2.14. The van der Waals surface area contributed by atoms with Crippen LogP contribution in [-0.2, 0) is 9.53 Å².